The van der Waals surface area contributed by atoms with Crippen LogP contribution >= 0.6 is 0 Å². The topological polar surface area (TPSA) is 15.3 Å². The normalized spacial score (nSPS) is 20.1. The molecule has 1 saturated heterocycles. The van der Waals surface area contributed by atoms with Crippen molar-refractivity contribution in [3.63, 3.8) is 0 Å². The second-order valence-electron chi connectivity index (χ2n) is 4.01. The first-order valence-corrected chi connectivity index (χ1v) is 5.86. The van der Waals surface area contributed by atoms with Gasteiger partial charge >= 0.3 is 0 Å². The van der Waals surface area contributed by atoms with Crippen LogP contribution in [0.2, 0.25) is 0 Å². The Balaban J connectivity index is 1.98. The Labute approximate surface area is 82.7 Å². The van der Waals surface area contributed by atoms with E-state index in [1.54, 1.807) is 0 Å². The minimum Gasteiger partial charge on any atom is -0.315 e. The predicted molar refractivity (Wildman–Crippen MR) is 58.1 cm³/mol. The molecule has 0 aromatic rings. The van der Waals surface area contributed by atoms with Crippen molar-refractivity contribution in [1.82, 2.24) is 10.2 Å². The molecule has 1 heterocycles. The van der Waals surface area contributed by atoms with Crippen molar-refractivity contribution in [3.05, 3.63) is 0 Å². The van der Waals surface area contributed by atoms with Gasteiger partial charge in [-0.1, -0.05) is 19.8 Å². The first-order valence-electron chi connectivity index (χ1n) is 5.86. The Morgan fingerprint density at radius 3 is 2.31 bits per heavy atom. The molecule has 0 unspecified atom stereocenters. The molecule has 1 rings (SSSR count). The van der Waals surface area contributed by atoms with Crippen LogP contribution in [-0.2, 0) is 0 Å². The van der Waals surface area contributed by atoms with Crippen molar-refractivity contribution in [2.45, 2.75) is 39.0 Å². The molecule has 0 saturated carbocycles. The largest absolute Gasteiger partial charge is 0.315 e. The molecule has 0 bridgehead atoms. The quantitative estimate of drug-likeness (QED) is 0.656. The molecule has 1 N–H and O–H groups in total. The van der Waals surface area contributed by atoms with E-state index in [1.807, 2.05) is 0 Å². The Morgan fingerprint density at radius 1 is 1.00 bits per heavy atom. The van der Waals surface area contributed by atoms with Gasteiger partial charge in [0.2, 0.25) is 0 Å². The summed E-state index contributed by atoms with van der Waals surface area (Å²) in [4.78, 5) is 2.61. The molecule has 1 fully saturated rings. The minimum absolute atomic E-state index is 1.17. The second-order valence-corrected chi connectivity index (χ2v) is 4.01. The smallest absolute Gasteiger partial charge is 0.0107 e. The highest BCUT2D eigenvalue weighted by Gasteiger charge is 2.07. The summed E-state index contributed by atoms with van der Waals surface area (Å²) >= 11 is 0. The van der Waals surface area contributed by atoms with Crippen molar-refractivity contribution in [1.29, 1.82) is 0 Å². The van der Waals surface area contributed by atoms with E-state index in [9.17, 15) is 0 Å². The summed E-state index contributed by atoms with van der Waals surface area (Å²) in [5.74, 6) is 0. The maximum absolute atomic E-state index is 3.46. The summed E-state index contributed by atoms with van der Waals surface area (Å²) < 4.78 is 0. The third kappa shape index (κ3) is 5.27. The van der Waals surface area contributed by atoms with E-state index in [0.717, 1.165) is 0 Å². The van der Waals surface area contributed by atoms with E-state index in [0.29, 0.717) is 0 Å². The van der Waals surface area contributed by atoms with E-state index < -0.39 is 0 Å². The monoisotopic (exact) mass is 184 g/mol. The standard InChI is InChI=1S/C11H24N2/c1-2-7-12-8-11-13-9-5-3-4-6-10-13/h12H,2-11H2,1H3. The van der Waals surface area contributed by atoms with Gasteiger partial charge in [-0.2, -0.15) is 0 Å². The van der Waals surface area contributed by atoms with E-state index in [4.69, 9.17) is 0 Å². The summed E-state index contributed by atoms with van der Waals surface area (Å²) in [7, 11) is 0. The van der Waals surface area contributed by atoms with Gasteiger partial charge in [0.15, 0.2) is 0 Å². The lowest BCUT2D eigenvalue weighted by atomic mass is 10.2. The highest BCUT2D eigenvalue weighted by molar-refractivity contribution is 4.64. The molecule has 2 heteroatoms. The number of hydrogen-bond donors (Lipinski definition) is 1. The molecular formula is C11H24N2. The summed E-state index contributed by atoms with van der Waals surface area (Å²) in [6, 6.07) is 0. The average molecular weight is 184 g/mol. The van der Waals surface area contributed by atoms with Crippen LogP contribution in [0.4, 0.5) is 0 Å². The van der Waals surface area contributed by atoms with Gasteiger partial charge in [-0.25, -0.2) is 0 Å². The highest BCUT2D eigenvalue weighted by Crippen LogP contribution is 2.08. The molecule has 0 radical (unpaired) electrons. The number of hydrogen-bond acceptors (Lipinski definition) is 2. The Bertz CT molecular complexity index is 107. The molecule has 1 aliphatic rings. The van der Waals surface area contributed by atoms with Gasteiger partial charge in [0, 0.05) is 13.1 Å². The lowest BCUT2D eigenvalue weighted by Gasteiger charge is -2.19. The van der Waals surface area contributed by atoms with Crippen LogP contribution in [0.5, 0.6) is 0 Å². The first kappa shape index (κ1) is 11.0. The number of rotatable bonds is 5. The fourth-order valence-corrected chi connectivity index (χ4v) is 1.90. The van der Waals surface area contributed by atoms with E-state index in [2.05, 4.69) is 17.1 Å². The van der Waals surface area contributed by atoms with Crippen molar-refractivity contribution >= 4 is 0 Å². The summed E-state index contributed by atoms with van der Waals surface area (Å²) in [6.07, 6.45) is 6.96. The van der Waals surface area contributed by atoms with Crippen molar-refractivity contribution in [2.75, 3.05) is 32.7 Å². The lowest BCUT2D eigenvalue weighted by molar-refractivity contribution is 0.284. The Hall–Kier alpha value is -0.0800. The van der Waals surface area contributed by atoms with Crippen LogP contribution in [0, 0.1) is 0 Å². The molecular weight excluding hydrogens is 160 g/mol. The molecule has 2 nitrogen and oxygen atoms in total. The lowest BCUT2D eigenvalue weighted by Crippen LogP contribution is -2.33. The van der Waals surface area contributed by atoms with Gasteiger partial charge in [-0.05, 0) is 38.9 Å². The number of nitrogens with zero attached hydrogens (tertiary/aromatic N) is 1. The van der Waals surface area contributed by atoms with Crippen molar-refractivity contribution in [2.24, 2.45) is 0 Å². The van der Waals surface area contributed by atoms with Crippen LogP contribution in [0.25, 0.3) is 0 Å². The summed E-state index contributed by atoms with van der Waals surface area (Å²) in [5.41, 5.74) is 0. The molecule has 13 heavy (non-hydrogen) atoms. The van der Waals surface area contributed by atoms with Crippen molar-refractivity contribution in [3.8, 4) is 0 Å². The summed E-state index contributed by atoms with van der Waals surface area (Å²) in [5, 5.41) is 3.46. The maximum atomic E-state index is 3.46. The SMILES string of the molecule is CCCNCCN1CCCCCC1. The van der Waals surface area contributed by atoms with Gasteiger partial charge in [0.1, 0.15) is 0 Å². The van der Waals surface area contributed by atoms with Crippen LogP contribution in [-0.4, -0.2) is 37.6 Å². The van der Waals surface area contributed by atoms with Gasteiger partial charge < -0.3 is 10.2 Å². The van der Waals surface area contributed by atoms with E-state index >= 15 is 0 Å². The van der Waals surface area contributed by atoms with Crippen molar-refractivity contribution < 1.29 is 0 Å². The first-order chi connectivity index (χ1) is 6.43. The maximum Gasteiger partial charge on any atom is 0.0107 e. The minimum atomic E-state index is 1.17. The predicted octanol–water partition coefficient (Wildman–Crippen LogP) is 1.86. The molecule has 78 valence electrons. The third-order valence-corrected chi connectivity index (χ3v) is 2.73. The average Bonchev–Trinajstić information content (AvgIpc) is 2.41. The fourth-order valence-electron chi connectivity index (χ4n) is 1.90. The molecule has 0 aromatic carbocycles. The zero-order valence-corrected chi connectivity index (χ0v) is 9.02. The van der Waals surface area contributed by atoms with Crippen LogP contribution in [0.15, 0.2) is 0 Å². The van der Waals surface area contributed by atoms with Crippen LogP contribution in [0.1, 0.15) is 39.0 Å². The Morgan fingerprint density at radius 2 is 1.69 bits per heavy atom. The summed E-state index contributed by atoms with van der Waals surface area (Å²) in [6.45, 7) is 8.47. The van der Waals surface area contributed by atoms with Gasteiger partial charge in [-0.3, -0.25) is 0 Å². The third-order valence-electron chi connectivity index (χ3n) is 2.73. The number of nitrogens with one attached hydrogen (secondary N) is 1. The molecule has 0 aliphatic carbocycles. The number of likely N-dealkylation sites (tertiary alicyclic amines) is 1. The zero-order valence-electron chi connectivity index (χ0n) is 9.02. The van der Waals surface area contributed by atoms with Gasteiger partial charge in [0.05, 0.1) is 0 Å². The van der Waals surface area contributed by atoms with E-state index in [-0.39, 0.29) is 0 Å². The molecule has 0 aromatic heterocycles. The molecule has 1 aliphatic heterocycles. The van der Waals surface area contributed by atoms with Crippen LogP contribution in [0.3, 0.4) is 0 Å². The van der Waals surface area contributed by atoms with E-state index in [1.165, 1.54) is 64.8 Å². The zero-order chi connectivity index (χ0) is 9.36. The molecule has 0 amide bonds. The van der Waals surface area contributed by atoms with Gasteiger partial charge in [0.25, 0.3) is 0 Å². The highest BCUT2D eigenvalue weighted by atomic mass is 15.1. The van der Waals surface area contributed by atoms with Crippen LogP contribution < -0.4 is 5.32 Å². The Kier molecular flexibility index (Phi) is 6.21. The fraction of sp³-hybridized carbons (Fsp3) is 1.00. The molecule has 0 atom stereocenters. The molecule has 0 spiro atoms. The second kappa shape index (κ2) is 7.34. The van der Waals surface area contributed by atoms with Gasteiger partial charge in [-0.15, -0.1) is 0 Å².